The molecule has 0 aromatic heterocycles. The minimum absolute atomic E-state index is 0.221. The van der Waals surface area contributed by atoms with Gasteiger partial charge in [-0.3, -0.25) is 0 Å². The lowest BCUT2D eigenvalue weighted by Gasteiger charge is -2.22. The van der Waals surface area contributed by atoms with Gasteiger partial charge in [-0.15, -0.1) is 0 Å². The van der Waals surface area contributed by atoms with E-state index in [0.717, 1.165) is 12.8 Å². The Hall–Kier alpha value is -0.990. The van der Waals surface area contributed by atoms with Gasteiger partial charge in [0.15, 0.2) is 0 Å². The number of nitrogens with zero attached hydrogens (tertiary/aromatic N) is 1. The van der Waals surface area contributed by atoms with Crippen molar-refractivity contribution in [2.45, 2.75) is 32.7 Å². The van der Waals surface area contributed by atoms with Crippen LogP contribution in [0.4, 0.5) is 4.79 Å². The molecule has 0 aliphatic carbocycles. The first kappa shape index (κ1) is 11.0. The molecule has 0 saturated carbocycles. The number of amides is 2. The van der Waals surface area contributed by atoms with Gasteiger partial charge in [0.05, 0.1) is 0 Å². The fraction of sp³-hybridized carbons (Fsp3) is 0.667. The lowest BCUT2D eigenvalue weighted by atomic mass is 10.1. The van der Waals surface area contributed by atoms with Crippen molar-refractivity contribution in [1.82, 2.24) is 4.90 Å². The zero-order valence-corrected chi connectivity index (χ0v) is 8.08. The average Bonchev–Trinajstić information content (AvgIpc) is 2.03. The predicted octanol–water partition coefficient (Wildman–Crippen LogP) is 1.74. The molecule has 0 aromatic rings. The highest BCUT2D eigenvalue weighted by Crippen LogP contribution is 2.04. The van der Waals surface area contributed by atoms with Crippen LogP contribution in [-0.2, 0) is 0 Å². The summed E-state index contributed by atoms with van der Waals surface area (Å²) in [5.41, 5.74) is 5.11. The molecule has 0 fully saturated rings. The van der Waals surface area contributed by atoms with Crippen molar-refractivity contribution in [3.63, 3.8) is 0 Å². The Bertz CT molecular complexity index is 166. The predicted molar refractivity (Wildman–Crippen MR) is 50.9 cm³/mol. The van der Waals surface area contributed by atoms with Crippen LogP contribution in [0.15, 0.2) is 12.2 Å². The molecule has 2 N–H and O–H groups in total. The number of carbonyl (C=O) groups is 1. The summed E-state index contributed by atoms with van der Waals surface area (Å²) in [6.07, 6.45) is 6.06. The van der Waals surface area contributed by atoms with E-state index in [-0.39, 0.29) is 12.1 Å². The molecule has 1 atom stereocenters. The average molecular weight is 170 g/mol. The number of hydrogen-bond acceptors (Lipinski definition) is 1. The van der Waals surface area contributed by atoms with E-state index >= 15 is 0 Å². The summed E-state index contributed by atoms with van der Waals surface area (Å²) >= 11 is 0. The van der Waals surface area contributed by atoms with Crippen LogP contribution in [0.3, 0.4) is 0 Å². The van der Waals surface area contributed by atoms with Crippen molar-refractivity contribution >= 4 is 6.03 Å². The molecule has 0 aromatic carbocycles. The second kappa shape index (κ2) is 5.63. The smallest absolute Gasteiger partial charge is 0.314 e. The lowest BCUT2D eigenvalue weighted by molar-refractivity contribution is 0.201. The maximum absolute atomic E-state index is 10.7. The van der Waals surface area contributed by atoms with Crippen LogP contribution < -0.4 is 5.73 Å². The first-order valence-corrected chi connectivity index (χ1v) is 4.23. The Morgan fingerprint density at radius 1 is 1.67 bits per heavy atom. The maximum atomic E-state index is 10.7. The standard InChI is InChI=1S/C9H18N2O/c1-4-5-6-7-8(2)11(3)9(10)12/h4-5,8H,6-7H2,1-3H3,(H2,10,12). The van der Waals surface area contributed by atoms with Crippen LogP contribution in [0, 0.1) is 0 Å². The Morgan fingerprint density at radius 3 is 2.67 bits per heavy atom. The monoisotopic (exact) mass is 170 g/mol. The molecule has 0 spiro atoms. The lowest BCUT2D eigenvalue weighted by Crippen LogP contribution is -2.38. The third-order valence-corrected chi connectivity index (χ3v) is 2.00. The normalized spacial score (nSPS) is 13.2. The summed E-state index contributed by atoms with van der Waals surface area (Å²) in [7, 11) is 1.72. The van der Waals surface area contributed by atoms with E-state index in [4.69, 9.17) is 5.73 Å². The number of allylic oxidation sites excluding steroid dienone is 2. The largest absolute Gasteiger partial charge is 0.351 e. The Labute approximate surface area is 74.2 Å². The van der Waals surface area contributed by atoms with E-state index in [9.17, 15) is 4.79 Å². The van der Waals surface area contributed by atoms with Crippen molar-refractivity contribution < 1.29 is 4.79 Å². The summed E-state index contributed by atoms with van der Waals surface area (Å²) in [4.78, 5) is 12.3. The highest BCUT2D eigenvalue weighted by Gasteiger charge is 2.10. The molecular formula is C9H18N2O. The zero-order chi connectivity index (χ0) is 9.56. The summed E-state index contributed by atoms with van der Waals surface area (Å²) < 4.78 is 0. The molecule has 3 nitrogen and oxygen atoms in total. The van der Waals surface area contributed by atoms with E-state index in [1.54, 1.807) is 11.9 Å². The van der Waals surface area contributed by atoms with Gasteiger partial charge in [0.1, 0.15) is 0 Å². The van der Waals surface area contributed by atoms with E-state index in [0.29, 0.717) is 0 Å². The van der Waals surface area contributed by atoms with E-state index in [1.165, 1.54) is 0 Å². The van der Waals surface area contributed by atoms with Gasteiger partial charge < -0.3 is 10.6 Å². The molecule has 0 rings (SSSR count). The van der Waals surface area contributed by atoms with Crippen molar-refractivity contribution in [1.29, 1.82) is 0 Å². The van der Waals surface area contributed by atoms with Crippen LogP contribution in [0.5, 0.6) is 0 Å². The molecule has 0 radical (unpaired) electrons. The number of carbonyl (C=O) groups excluding carboxylic acids is 1. The van der Waals surface area contributed by atoms with Crippen molar-refractivity contribution in [2.75, 3.05) is 7.05 Å². The molecule has 3 heteroatoms. The molecule has 0 aliphatic rings. The quantitative estimate of drug-likeness (QED) is 0.642. The molecule has 0 heterocycles. The van der Waals surface area contributed by atoms with Gasteiger partial charge in [-0.25, -0.2) is 4.79 Å². The van der Waals surface area contributed by atoms with Crippen LogP contribution >= 0.6 is 0 Å². The molecule has 0 bridgehead atoms. The topological polar surface area (TPSA) is 46.3 Å². The van der Waals surface area contributed by atoms with E-state index < -0.39 is 0 Å². The first-order valence-electron chi connectivity index (χ1n) is 4.23. The summed E-state index contributed by atoms with van der Waals surface area (Å²) in [6, 6.07) is -0.137. The Balaban J connectivity index is 3.71. The Morgan fingerprint density at radius 2 is 2.25 bits per heavy atom. The summed E-state index contributed by atoms with van der Waals surface area (Å²) in [6.45, 7) is 3.98. The van der Waals surface area contributed by atoms with Crippen molar-refractivity contribution in [2.24, 2.45) is 5.73 Å². The van der Waals surface area contributed by atoms with Crippen LogP contribution in [-0.4, -0.2) is 24.0 Å². The number of rotatable bonds is 4. The SMILES string of the molecule is CC=CCCC(C)N(C)C(N)=O. The molecule has 0 saturated heterocycles. The fourth-order valence-electron chi connectivity index (χ4n) is 0.915. The van der Waals surface area contributed by atoms with Gasteiger partial charge >= 0.3 is 6.03 Å². The molecular weight excluding hydrogens is 152 g/mol. The van der Waals surface area contributed by atoms with Gasteiger partial charge in [0.25, 0.3) is 0 Å². The summed E-state index contributed by atoms with van der Waals surface area (Å²) in [5, 5.41) is 0. The molecule has 70 valence electrons. The maximum Gasteiger partial charge on any atom is 0.314 e. The molecule has 2 amide bonds. The first-order chi connectivity index (χ1) is 5.59. The Kier molecular flexibility index (Phi) is 5.17. The van der Waals surface area contributed by atoms with E-state index in [1.807, 2.05) is 19.9 Å². The van der Waals surface area contributed by atoms with Gasteiger partial charge in [0.2, 0.25) is 0 Å². The van der Waals surface area contributed by atoms with Gasteiger partial charge in [-0.05, 0) is 26.7 Å². The highest BCUT2D eigenvalue weighted by atomic mass is 16.2. The van der Waals surface area contributed by atoms with Gasteiger partial charge in [-0.1, -0.05) is 12.2 Å². The van der Waals surface area contributed by atoms with Crippen LogP contribution in [0.25, 0.3) is 0 Å². The van der Waals surface area contributed by atoms with Gasteiger partial charge in [0, 0.05) is 13.1 Å². The zero-order valence-electron chi connectivity index (χ0n) is 8.08. The van der Waals surface area contributed by atoms with Crippen LogP contribution in [0.1, 0.15) is 26.7 Å². The van der Waals surface area contributed by atoms with Crippen LogP contribution in [0.2, 0.25) is 0 Å². The number of nitrogens with two attached hydrogens (primary N) is 1. The van der Waals surface area contributed by atoms with Gasteiger partial charge in [-0.2, -0.15) is 0 Å². The minimum Gasteiger partial charge on any atom is -0.351 e. The number of urea groups is 1. The second-order valence-corrected chi connectivity index (χ2v) is 2.94. The fourth-order valence-corrected chi connectivity index (χ4v) is 0.915. The highest BCUT2D eigenvalue weighted by molar-refractivity contribution is 5.71. The molecule has 1 unspecified atom stereocenters. The molecule has 0 aliphatic heterocycles. The second-order valence-electron chi connectivity index (χ2n) is 2.94. The molecule has 12 heavy (non-hydrogen) atoms. The third-order valence-electron chi connectivity index (χ3n) is 2.00. The number of primary amides is 1. The number of hydrogen-bond donors (Lipinski definition) is 1. The minimum atomic E-state index is -0.358. The van der Waals surface area contributed by atoms with Crippen molar-refractivity contribution in [3.8, 4) is 0 Å². The summed E-state index contributed by atoms with van der Waals surface area (Å²) in [5.74, 6) is 0. The van der Waals surface area contributed by atoms with Crippen molar-refractivity contribution in [3.05, 3.63) is 12.2 Å². The third kappa shape index (κ3) is 4.01. The van der Waals surface area contributed by atoms with E-state index in [2.05, 4.69) is 6.08 Å².